The Morgan fingerprint density at radius 1 is 1.50 bits per heavy atom. The average molecular weight is 271 g/mol. The lowest BCUT2D eigenvalue weighted by Gasteiger charge is -2.16. The normalized spacial score (nSPS) is 11.7. The first-order valence-electron chi connectivity index (χ1n) is 5.50. The van der Waals surface area contributed by atoms with Crippen LogP contribution in [0.25, 0.3) is 0 Å². The second kappa shape index (κ2) is 6.86. The highest BCUT2D eigenvalue weighted by Gasteiger charge is 2.20. The maximum atomic E-state index is 11.3. The zero-order valence-electron chi connectivity index (χ0n) is 9.98. The number of amides is 1. The number of ether oxygens (including phenoxy) is 1. The highest BCUT2D eigenvalue weighted by Crippen LogP contribution is 2.16. The first-order valence-corrected chi connectivity index (χ1v) is 5.87. The Balaban J connectivity index is 2.69. The largest absolute Gasteiger partial charge is 0.466 e. The van der Waals surface area contributed by atoms with Crippen LogP contribution in [-0.4, -0.2) is 24.5 Å². The molecule has 0 aliphatic heterocycles. The molecule has 0 aliphatic carbocycles. The van der Waals surface area contributed by atoms with E-state index in [1.165, 1.54) is 0 Å². The molecule has 0 radical (unpaired) electrons. The quantitative estimate of drug-likeness (QED) is 0.769. The number of anilines is 1. The number of benzene rings is 1. The van der Waals surface area contributed by atoms with E-state index >= 15 is 0 Å². The Hall–Kier alpha value is -1.75. The summed E-state index contributed by atoms with van der Waals surface area (Å²) in [6.07, 6.45) is -0.115. The van der Waals surface area contributed by atoms with Gasteiger partial charge in [0.2, 0.25) is 5.91 Å². The van der Waals surface area contributed by atoms with Gasteiger partial charge in [-0.05, 0) is 25.1 Å². The van der Waals surface area contributed by atoms with Crippen LogP contribution in [0.15, 0.2) is 24.3 Å². The van der Waals surface area contributed by atoms with E-state index in [1.54, 1.807) is 31.2 Å². The second-order valence-electron chi connectivity index (χ2n) is 3.62. The van der Waals surface area contributed by atoms with Crippen molar-refractivity contribution in [3.63, 3.8) is 0 Å². The van der Waals surface area contributed by atoms with Crippen LogP contribution in [0.5, 0.6) is 0 Å². The van der Waals surface area contributed by atoms with Crippen LogP contribution in [-0.2, 0) is 14.3 Å². The number of nitrogens with one attached hydrogen (secondary N) is 1. The van der Waals surface area contributed by atoms with Crippen molar-refractivity contribution in [2.24, 2.45) is 5.73 Å². The number of rotatable bonds is 6. The fourth-order valence-corrected chi connectivity index (χ4v) is 1.58. The average Bonchev–Trinajstić information content (AvgIpc) is 2.28. The molecule has 0 saturated heterocycles. The molecular formula is C12H15ClN2O3. The Labute approximate surface area is 110 Å². The first-order chi connectivity index (χ1) is 8.52. The van der Waals surface area contributed by atoms with E-state index in [4.69, 9.17) is 22.1 Å². The van der Waals surface area contributed by atoms with Gasteiger partial charge in [-0.1, -0.05) is 17.7 Å². The van der Waals surface area contributed by atoms with E-state index in [0.717, 1.165) is 0 Å². The molecule has 0 saturated carbocycles. The number of halogens is 1. The van der Waals surface area contributed by atoms with Crippen LogP contribution in [0.4, 0.5) is 5.69 Å². The molecule has 1 rings (SSSR count). The highest BCUT2D eigenvalue weighted by molar-refractivity contribution is 6.30. The summed E-state index contributed by atoms with van der Waals surface area (Å²) in [6, 6.07) is 5.99. The third kappa shape index (κ3) is 4.63. The number of hydrogen-bond acceptors (Lipinski definition) is 4. The van der Waals surface area contributed by atoms with Gasteiger partial charge in [-0.15, -0.1) is 0 Å². The summed E-state index contributed by atoms with van der Waals surface area (Å²) in [5, 5.41) is 3.38. The third-order valence-electron chi connectivity index (χ3n) is 2.19. The summed E-state index contributed by atoms with van der Waals surface area (Å²) < 4.78 is 4.77. The second-order valence-corrected chi connectivity index (χ2v) is 4.06. The zero-order chi connectivity index (χ0) is 13.5. The molecule has 6 heteroatoms. The van der Waals surface area contributed by atoms with Crippen molar-refractivity contribution >= 4 is 29.2 Å². The van der Waals surface area contributed by atoms with Crippen molar-refractivity contribution in [2.75, 3.05) is 11.9 Å². The lowest BCUT2D eigenvalue weighted by atomic mass is 10.2. The molecule has 0 heterocycles. The molecule has 98 valence electrons. The van der Waals surface area contributed by atoms with Gasteiger partial charge >= 0.3 is 5.97 Å². The maximum absolute atomic E-state index is 11.3. The van der Waals surface area contributed by atoms with Crippen molar-refractivity contribution < 1.29 is 14.3 Å². The molecule has 18 heavy (non-hydrogen) atoms. The molecule has 1 aromatic rings. The van der Waals surface area contributed by atoms with Gasteiger partial charge in [0, 0.05) is 10.7 Å². The number of esters is 1. The van der Waals surface area contributed by atoms with Gasteiger partial charge in [0.25, 0.3) is 0 Å². The molecule has 0 aliphatic rings. The molecular weight excluding hydrogens is 256 g/mol. The molecule has 0 fully saturated rings. The van der Waals surface area contributed by atoms with Gasteiger partial charge < -0.3 is 15.8 Å². The van der Waals surface area contributed by atoms with Gasteiger partial charge in [-0.2, -0.15) is 0 Å². The Bertz CT molecular complexity index is 437. The van der Waals surface area contributed by atoms with E-state index in [0.29, 0.717) is 10.7 Å². The Morgan fingerprint density at radius 2 is 2.22 bits per heavy atom. The Morgan fingerprint density at radius 3 is 2.78 bits per heavy atom. The topological polar surface area (TPSA) is 81.4 Å². The summed E-state index contributed by atoms with van der Waals surface area (Å²) in [7, 11) is 0. The molecule has 0 bridgehead atoms. The molecule has 1 unspecified atom stereocenters. The molecule has 5 nitrogen and oxygen atoms in total. The lowest BCUT2D eigenvalue weighted by molar-refractivity contribution is -0.144. The summed E-state index contributed by atoms with van der Waals surface area (Å²) in [4.78, 5) is 22.6. The van der Waals surface area contributed by atoms with Crippen molar-refractivity contribution in [2.45, 2.75) is 19.4 Å². The van der Waals surface area contributed by atoms with E-state index in [2.05, 4.69) is 5.32 Å². The minimum Gasteiger partial charge on any atom is -0.466 e. The molecule has 1 aromatic carbocycles. The molecule has 3 N–H and O–H groups in total. The monoisotopic (exact) mass is 270 g/mol. The summed E-state index contributed by atoms with van der Waals surface area (Å²) in [6.45, 7) is 1.96. The highest BCUT2D eigenvalue weighted by atomic mass is 35.5. The number of carbonyl (C=O) groups excluding carboxylic acids is 2. The van der Waals surface area contributed by atoms with E-state index in [9.17, 15) is 9.59 Å². The zero-order valence-corrected chi connectivity index (χ0v) is 10.7. The van der Waals surface area contributed by atoms with Gasteiger partial charge in [-0.3, -0.25) is 9.59 Å². The summed E-state index contributed by atoms with van der Waals surface area (Å²) in [5.41, 5.74) is 5.85. The van der Waals surface area contributed by atoms with Gasteiger partial charge in [0.05, 0.1) is 13.0 Å². The summed E-state index contributed by atoms with van der Waals surface area (Å²) in [5.74, 6) is -1.10. The van der Waals surface area contributed by atoms with Crippen LogP contribution < -0.4 is 11.1 Å². The predicted molar refractivity (Wildman–Crippen MR) is 69.3 cm³/mol. The van der Waals surface area contributed by atoms with Crippen molar-refractivity contribution in [3.8, 4) is 0 Å². The van der Waals surface area contributed by atoms with Crippen LogP contribution >= 0.6 is 11.6 Å². The predicted octanol–water partition coefficient (Wildman–Crippen LogP) is 1.56. The summed E-state index contributed by atoms with van der Waals surface area (Å²) >= 11 is 5.82. The van der Waals surface area contributed by atoms with Gasteiger partial charge in [0.1, 0.15) is 6.04 Å². The molecule has 1 amide bonds. The van der Waals surface area contributed by atoms with Crippen molar-refractivity contribution in [1.82, 2.24) is 0 Å². The van der Waals surface area contributed by atoms with E-state index < -0.39 is 17.9 Å². The minimum atomic E-state index is -0.817. The fourth-order valence-electron chi connectivity index (χ4n) is 1.39. The number of nitrogens with two attached hydrogens (primary N) is 1. The first kappa shape index (κ1) is 14.3. The molecule has 0 spiro atoms. The number of carbonyl (C=O) groups is 2. The van der Waals surface area contributed by atoms with E-state index in [1.807, 2.05) is 0 Å². The number of primary amides is 1. The van der Waals surface area contributed by atoms with Gasteiger partial charge in [0.15, 0.2) is 0 Å². The van der Waals surface area contributed by atoms with Gasteiger partial charge in [-0.25, -0.2) is 0 Å². The van der Waals surface area contributed by atoms with Crippen LogP contribution in [0.1, 0.15) is 13.3 Å². The SMILES string of the molecule is CCOC(=O)CC(Nc1cccc(Cl)c1)C(N)=O. The van der Waals surface area contributed by atoms with Crippen LogP contribution in [0.3, 0.4) is 0 Å². The maximum Gasteiger partial charge on any atom is 0.308 e. The number of hydrogen-bond donors (Lipinski definition) is 2. The van der Waals surface area contributed by atoms with Crippen LogP contribution in [0, 0.1) is 0 Å². The third-order valence-corrected chi connectivity index (χ3v) is 2.42. The fraction of sp³-hybridized carbons (Fsp3) is 0.333. The molecule has 0 aromatic heterocycles. The van der Waals surface area contributed by atoms with Crippen LogP contribution in [0.2, 0.25) is 5.02 Å². The minimum absolute atomic E-state index is 0.115. The van der Waals surface area contributed by atoms with Crippen molar-refractivity contribution in [3.05, 3.63) is 29.3 Å². The lowest BCUT2D eigenvalue weighted by Crippen LogP contribution is -2.37. The Kier molecular flexibility index (Phi) is 5.45. The smallest absolute Gasteiger partial charge is 0.308 e. The van der Waals surface area contributed by atoms with E-state index in [-0.39, 0.29) is 13.0 Å². The van der Waals surface area contributed by atoms with Crippen molar-refractivity contribution in [1.29, 1.82) is 0 Å². The standard InChI is InChI=1S/C12H15ClN2O3/c1-2-18-11(16)7-10(12(14)17)15-9-5-3-4-8(13)6-9/h3-6,10,15H,2,7H2,1H3,(H2,14,17). The molecule has 1 atom stereocenters.